The van der Waals surface area contributed by atoms with Crippen LogP contribution in [0.2, 0.25) is 0 Å². The maximum absolute atomic E-state index is 6.04. The average molecular weight is 323 g/mol. The standard InChI is InChI=1S/C19H21N3S/c1-4-16-10-15(7-8-21-16)17-9-12(2)5-6-14(17)11-18-19(20)22-13(3)23-18/h5-10H,4,11,20H2,1-3H3. The molecule has 0 radical (unpaired) electrons. The van der Waals surface area contributed by atoms with E-state index in [-0.39, 0.29) is 0 Å². The number of pyridine rings is 1. The number of nitrogens with two attached hydrogens (primary N) is 1. The van der Waals surface area contributed by atoms with Gasteiger partial charge in [0.25, 0.3) is 0 Å². The number of benzene rings is 1. The summed E-state index contributed by atoms with van der Waals surface area (Å²) < 4.78 is 0. The lowest BCUT2D eigenvalue weighted by atomic mass is 9.95. The number of rotatable bonds is 4. The lowest BCUT2D eigenvalue weighted by Gasteiger charge is -2.11. The van der Waals surface area contributed by atoms with Gasteiger partial charge >= 0.3 is 0 Å². The Kier molecular flexibility index (Phi) is 4.44. The van der Waals surface area contributed by atoms with Gasteiger partial charge in [0.15, 0.2) is 0 Å². The molecular formula is C19H21N3S. The molecule has 3 nitrogen and oxygen atoms in total. The highest BCUT2D eigenvalue weighted by Gasteiger charge is 2.12. The van der Waals surface area contributed by atoms with Crippen LogP contribution in [0.25, 0.3) is 11.1 Å². The Balaban J connectivity index is 2.05. The smallest absolute Gasteiger partial charge is 0.138 e. The summed E-state index contributed by atoms with van der Waals surface area (Å²) in [7, 11) is 0. The van der Waals surface area contributed by atoms with Gasteiger partial charge in [0.1, 0.15) is 5.82 Å². The van der Waals surface area contributed by atoms with E-state index in [1.165, 1.54) is 22.3 Å². The second-order valence-corrected chi connectivity index (χ2v) is 7.06. The van der Waals surface area contributed by atoms with Gasteiger partial charge in [-0.1, -0.05) is 30.7 Å². The molecule has 3 rings (SSSR count). The molecule has 23 heavy (non-hydrogen) atoms. The summed E-state index contributed by atoms with van der Waals surface area (Å²) in [6, 6.07) is 10.9. The molecule has 0 unspecified atom stereocenters. The first kappa shape index (κ1) is 15.7. The van der Waals surface area contributed by atoms with Crippen LogP contribution in [0.1, 0.15) is 33.6 Å². The van der Waals surface area contributed by atoms with Gasteiger partial charge in [0.05, 0.1) is 9.88 Å². The number of aryl methyl sites for hydroxylation is 3. The average Bonchev–Trinajstić information content (AvgIpc) is 2.86. The highest BCUT2D eigenvalue weighted by Crippen LogP contribution is 2.30. The van der Waals surface area contributed by atoms with Crippen molar-refractivity contribution in [3.05, 3.63) is 63.2 Å². The first-order chi connectivity index (χ1) is 11.1. The minimum absolute atomic E-state index is 0.656. The molecule has 4 heteroatoms. The maximum atomic E-state index is 6.04. The van der Waals surface area contributed by atoms with Gasteiger partial charge in [-0.05, 0) is 49.1 Å². The Labute approximate surface area is 141 Å². The molecule has 0 spiro atoms. The highest BCUT2D eigenvalue weighted by atomic mass is 32.1. The fourth-order valence-corrected chi connectivity index (χ4v) is 3.62. The lowest BCUT2D eigenvalue weighted by molar-refractivity contribution is 1.04. The van der Waals surface area contributed by atoms with Crippen molar-refractivity contribution in [1.82, 2.24) is 9.97 Å². The van der Waals surface area contributed by atoms with Crippen molar-refractivity contribution < 1.29 is 0 Å². The molecule has 0 fully saturated rings. The van der Waals surface area contributed by atoms with Gasteiger partial charge in [-0.3, -0.25) is 4.98 Å². The van der Waals surface area contributed by atoms with E-state index in [2.05, 4.69) is 54.1 Å². The van der Waals surface area contributed by atoms with Crippen molar-refractivity contribution in [1.29, 1.82) is 0 Å². The molecule has 0 atom stereocenters. The summed E-state index contributed by atoms with van der Waals surface area (Å²) in [5, 5.41) is 1.02. The van der Waals surface area contributed by atoms with Crippen LogP contribution in [0.4, 0.5) is 5.82 Å². The molecular weight excluding hydrogens is 302 g/mol. The van der Waals surface area contributed by atoms with Crippen molar-refractivity contribution in [2.75, 3.05) is 5.73 Å². The molecule has 0 aliphatic heterocycles. The maximum Gasteiger partial charge on any atom is 0.138 e. The number of aromatic nitrogens is 2. The Hall–Kier alpha value is -2.20. The van der Waals surface area contributed by atoms with E-state index in [1.54, 1.807) is 11.3 Å². The quantitative estimate of drug-likeness (QED) is 0.766. The predicted molar refractivity (Wildman–Crippen MR) is 97.9 cm³/mol. The van der Waals surface area contributed by atoms with Crippen LogP contribution in [-0.2, 0) is 12.8 Å². The van der Waals surface area contributed by atoms with E-state index in [9.17, 15) is 0 Å². The second-order valence-electron chi connectivity index (χ2n) is 5.77. The van der Waals surface area contributed by atoms with E-state index < -0.39 is 0 Å². The molecule has 0 saturated carbocycles. The van der Waals surface area contributed by atoms with Crippen molar-refractivity contribution in [3.8, 4) is 11.1 Å². The summed E-state index contributed by atoms with van der Waals surface area (Å²) in [6.07, 6.45) is 3.65. The van der Waals surface area contributed by atoms with Crippen LogP contribution in [0, 0.1) is 13.8 Å². The van der Waals surface area contributed by atoms with Crippen molar-refractivity contribution in [3.63, 3.8) is 0 Å². The van der Waals surface area contributed by atoms with Crippen molar-refractivity contribution >= 4 is 17.2 Å². The second kappa shape index (κ2) is 6.50. The number of hydrogen-bond donors (Lipinski definition) is 1. The molecule has 1 aromatic carbocycles. The van der Waals surface area contributed by atoms with Crippen LogP contribution in [0.3, 0.4) is 0 Å². The van der Waals surface area contributed by atoms with E-state index >= 15 is 0 Å². The van der Waals surface area contributed by atoms with Gasteiger partial charge in [0, 0.05) is 18.3 Å². The van der Waals surface area contributed by atoms with E-state index in [4.69, 9.17) is 5.73 Å². The summed E-state index contributed by atoms with van der Waals surface area (Å²) in [4.78, 5) is 9.89. The molecule has 3 aromatic rings. The van der Waals surface area contributed by atoms with Crippen LogP contribution in [0.5, 0.6) is 0 Å². The molecule has 2 aromatic heterocycles. The van der Waals surface area contributed by atoms with E-state index in [1.807, 2.05) is 13.1 Å². The van der Waals surface area contributed by atoms with Gasteiger partial charge < -0.3 is 5.73 Å². The van der Waals surface area contributed by atoms with Gasteiger partial charge in [-0.25, -0.2) is 4.98 Å². The third-order valence-electron chi connectivity index (χ3n) is 3.94. The van der Waals surface area contributed by atoms with Crippen molar-refractivity contribution in [2.45, 2.75) is 33.6 Å². The zero-order chi connectivity index (χ0) is 16.4. The molecule has 0 amide bonds. The van der Waals surface area contributed by atoms with Gasteiger partial charge in [-0.15, -0.1) is 11.3 Å². The minimum atomic E-state index is 0.656. The lowest BCUT2D eigenvalue weighted by Crippen LogP contribution is -1.96. The number of anilines is 1. The zero-order valence-electron chi connectivity index (χ0n) is 13.8. The first-order valence-corrected chi connectivity index (χ1v) is 8.65. The SMILES string of the molecule is CCc1cc(-c2cc(C)ccc2Cc2sc(C)nc2N)ccn1. The molecule has 118 valence electrons. The van der Waals surface area contributed by atoms with Crippen LogP contribution in [0.15, 0.2) is 36.5 Å². The third kappa shape index (κ3) is 3.42. The molecule has 0 aliphatic carbocycles. The van der Waals surface area contributed by atoms with E-state index in [0.29, 0.717) is 5.82 Å². The van der Waals surface area contributed by atoms with Crippen LogP contribution in [-0.4, -0.2) is 9.97 Å². The number of hydrogen-bond acceptors (Lipinski definition) is 4. The first-order valence-electron chi connectivity index (χ1n) is 7.83. The molecule has 0 bridgehead atoms. The topological polar surface area (TPSA) is 51.8 Å². The monoisotopic (exact) mass is 323 g/mol. The summed E-state index contributed by atoms with van der Waals surface area (Å²) in [6.45, 7) is 6.25. The van der Waals surface area contributed by atoms with Crippen LogP contribution >= 0.6 is 11.3 Å². The van der Waals surface area contributed by atoms with Crippen molar-refractivity contribution in [2.24, 2.45) is 0 Å². The largest absolute Gasteiger partial charge is 0.383 e. The van der Waals surface area contributed by atoms with Gasteiger partial charge in [0.2, 0.25) is 0 Å². The predicted octanol–water partition coefficient (Wildman–Crippen LogP) is 4.56. The Morgan fingerprint density at radius 3 is 2.65 bits per heavy atom. The fourth-order valence-electron chi connectivity index (χ4n) is 2.74. The fraction of sp³-hybridized carbons (Fsp3) is 0.263. The summed E-state index contributed by atoms with van der Waals surface area (Å²) in [5.74, 6) is 0.656. The molecule has 2 heterocycles. The molecule has 2 N–H and O–H groups in total. The Morgan fingerprint density at radius 2 is 1.96 bits per heavy atom. The third-order valence-corrected chi connectivity index (χ3v) is 4.93. The normalized spacial score (nSPS) is 10.9. The molecule has 0 saturated heterocycles. The minimum Gasteiger partial charge on any atom is -0.383 e. The molecule has 0 aliphatic rings. The van der Waals surface area contributed by atoms with Crippen LogP contribution < -0.4 is 5.73 Å². The number of nitrogen functional groups attached to an aromatic ring is 1. The zero-order valence-corrected chi connectivity index (χ0v) is 14.6. The highest BCUT2D eigenvalue weighted by molar-refractivity contribution is 7.12. The summed E-state index contributed by atoms with van der Waals surface area (Å²) >= 11 is 1.68. The Morgan fingerprint density at radius 1 is 1.13 bits per heavy atom. The van der Waals surface area contributed by atoms with E-state index in [0.717, 1.165) is 28.4 Å². The Bertz CT molecular complexity index is 836. The number of nitrogens with zero attached hydrogens (tertiary/aromatic N) is 2. The number of thiazole rings is 1. The van der Waals surface area contributed by atoms with Gasteiger partial charge in [-0.2, -0.15) is 0 Å². The summed E-state index contributed by atoms with van der Waals surface area (Å²) in [5.41, 5.74) is 12.2.